The topological polar surface area (TPSA) is 24.8 Å². The molecule has 2 aromatic carbocycles. The van der Waals surface area contributed by atoms with Crippen LogP contribution in [0.5, 0.6) is 11.5 Å². The van der Waals surface area contributed by atoms with E-state index in [2.05, 4.69) is 52.5 Å². The minimum Gasteiger partial charge on any atom is -0.457 e. The van der Waals surface area contributed by atoms with Crippen molar-refractivity contribution in [1.29, 1.82) is 0 Å². The van der Waals surface area contributed by atoms with Gasteiger partial charge in [-0.1, -0.05) is 11.6 Å². The SMILES string of the molecule is Cc1cc(Oc2ccc(I)c(Cl)c2)c(C)cc1N=CN(C)C1CC1. The molecule has 0 unspecified atom stereocenters. The highest BCUT2D eigenvalue weighted by Gasteiger charge is 2.24. The number of aliphatic imine (C=N–C) groups is 1. The fourth-order valence-electron chi connectivity index (χ4n) is 2.42. The molecule has 0 radical (unpaired) electrons. The van der Waals surface area contributed by atoms with Gasteiger partial charge in [-0.15, -0.1) is 0 Å². The van der Waals surface area contributed by atoms with Gasteiger partial charge in [-0.3, -0.25) is 0 Å². The summed E-state index contributed by atoms with van der Waals surface area (Å²) < 4.78 is 7.02. The van der Waals surface area contributed by atoms with Gasteiger partial charge >= 0.3 is 0 Å². The van der Waals surface area contributed by atoms with E-state index in [4.69, 9.17) is 16.3 Å². The van der Waals surface area contributed by atoms with E-state index in [1.807, 2.05) is 37.5 Å². The number of hydrogen-bond donors (Lipinski definition) is 0. The number of benzene rings is 2. The van der Waals surface area contributed by atoms with Gasteiger partial charge in [-0.25, -0.2) is 4.99 Å². The Balaban J connectivity index is 1.79. The summed E-state index contributed by atoms with van der Waals surface area (Å²) in [5.74, 6) is 1.58. The molecule has 0 aromatic heterocycles. The molecule has 0 atom stereocenters. The highest BCUT2D eigenvalue weighted by atomic mass is 127. The Morgan fingerprint density at radius 2 is 1.96 bits per heavy atom. The predicted octanol–water partition coefficient (Wildman–Crippen LogP) is 6.11. The molecule has 0 heterocycles. The lowest BCUT2D eigenvalue weighted by atomic mass is 10.1. The van der Waals surface area contributed by atoms with Crippen LogP contribution in [0.25, 0.3) is 0 Å². The summed E-state index contributed by atoms with van der Waals surface area (Å²) in [6.45, 7) is 4.09. The molecule has 1 aliphatic carbocycles. The van der Waals surface area contributed by atoms with Crippen LogP contribution in [-0.2, 0) is 0 Å². The molecule has 2 aromatic rings. The van der Waals surface area contributed by atoms with E-state index in [1.165, 1.54) is 12.8 Å². The zero-order valence-corrected chi connectivity index (χ0v) is 16.9. The van der Waals surface area contributed by atoms with E-state index in [1.54, 1.807) is 0 Å². The Bertz CT molecular complexity index is 787. The second-order valence-electron chi connectivity index (χ2n) is 6.22. The standard InChI is InChI=1S/C19H20ClIN2O/c1-12-9-19(24-15-6-7-17(21)16(20)10-15)13(2)8-18(12)22-11-23(3)14-4-5-14/h6-11,14H,4-5H2,1-3H3. The molecule has 0 aliphatic heterocycles. The molecule has 0 bridgehead atoms. The van der Waals surface area contributed by atoms with Gasteiger partial charge in [0.25, 0.3) is 0 Å². The van der Waals surface area contributed by atoms with Crippen molar-refractivity contribution in [2.24, 2.45) is 4.99 Å². The van der Waals surface area contributed by atoms with Crippen molar-refractivity contribution in [1.82, 2.24) is 4.90 Å². The molecule has 3 rings (SSSR count). The molecule has 0 N–H and O–H groups in total. The van der Waals surface area contributed by atoms with E-state index in [0.29, 0.717) is 11.1 Å². The van der Waals surface area contributed by atoms with Crippen molar-refractivity contribution >= 4 is 46.2 Å². The molecule has 3 nitrogen and oxygen atoms in total. The maximum atomic E-state index is 6.17. The molecular weight excluding hydrogens is 435 g/mol. The average Bonchev–Trinajstić information content (AvgIpc) is 3.37. The number of hydrogen-bond acceptors (Lipinski definition) is 2. The zero-order chi connectivity index (χ0) is 17.3. The van der Waals surface area contributed by atoms with Gasteiger partial charge < -0.3 is 9.64 Å². The number of aryl methyl sites for hydroxylation is 2. The van der Waals surface area contributed by atoms with Crippen molar-refractivity contribution in [2.75, 3.05) is 7.05 Å². The summed E-state index contributed by atoms with van der Waals surface area (Å²) in [4.78, 5) is 6.81. The van der Waals surface area contributed by atoms with Crippen LogP contribution in [-0.4, -0.2) is 24.3 Å². The summed E-state index contributed by atoms with van der Waals surface area (Å²) in [6.07, 6.45) is 4.47. The van der Waals surface area contributed by atoms with Crippen LogP contribution in [0.2, 0.25) is 5.02 Å². The zero-order valence-electron chi connectivity index (χ0n) is 14.0. The number of halogens is 2. The molecule has 0 saturated heterocycles. The average molecular weight is 455 g/mol. The van der Waals surface area contributed by atoms with Gasteiger partial charge in [0.2, 0.25) is 0 Å². The van der Waals surface area contributed by atoms with E-state index in [9.17, 15) is 0 Å². The quantitative estimate of drug-likeness (QED) is 0.309. The minimum absolute atomic E-state index is 0.670. The number of rotatable bonds is 5. The lowest BCUT2D eigenvalue weighted by Gasteiger charge is -2.13. The third-order valence-corrected chi connectivity index (χ3v) is 5.69. The van der Waals surface area contributed by atoms with Crippen molar-refractivity contribution in [2.45, 2.75) is 32.7 Å². The third kappa shape index (κ3) is 4.22. The van der Waals surface area contributed by atoms with Gasteiger partial charge in [-0.05, 0) is 84.7 Å². The summed E-state index contributed by atoms with van der Waals surface area (Å²) in [6, 6.07) is 10.5. The number of nitrogens with zero attached hydrogens (tertiary/aromatic N) is 2. The lowest BCUT2D eigenvalue weighted by Crippen LogP contribution is -2.17. The van der Waals surface area contributed by atoms with E-state index >= 15 is 0 Å². The molecule has 1 aliphatic rings. The van der Waals surface area contributed by atoms with Gasteiger partial charge in [0, 0.05) is 22.7 Å². The molecule has 24 heavy (non-hydrogen) atoms. The lowest BCUT2D eigenvalue weighted by molar-refractivity contribution is 0.478. The molecule has 0 amide bonds. The maximum absolute atomic E-state index is 6.17. The monoisotopic (exact) mass is 454 g/mol. The molecule has 0 spiro atoms. The smallest absolute Gasteiger partial charge is 0.130 e. The van der Waals surface area contributed by atoms with Gasteiger partial charge in [-0.2, -0.15) is 0 Å². The second kappa shape index (κ2) is 7.31. The Morgan fingerprint density at radius 1 is 1.21 bits per heavy atom. The summed E-state index contributed by atoms with van der Waals surface area (Å²) in [5.41, 5.74) is 3.12. The van der Waals surface area contributed by atoms with Crippen molar-refractivity contribution in [3.05, 3.63) is 50.1 Å². The molecule has 126 valence electrons. The summed E-state index contributed by atoms with van der Waals surface area (Å²) in [7, 11) is 2.08. The maximum Gasteiger partial charge on any atom is 0.130 e. The van der Waals surface area contributed by atoms with Crippen LogP contribution in [0, 0.1) is 17.4 Å². The van der Waals surface area contributed by atoms with Crippen LogP contribution >= 0.6 is 34.2 Å². The van der Waals surface area contributed by atoms with Gasteiger partial charge in [0.1, 0.15) is 11.5 Å². The van der Waals surface area contributed by atoms with E-state index in [0.717, 1.165) is 31.9 Å². The Labute approximate surface area is 161 Å². The van der Waals surface area contributed by atoms with Crippen LogP contribution in [0.3, 0.4) is 0 Å². The first-order chi connectivity index (χ1) is 11.4. The first-order valence-corrected chi connectivity index (χ1v) is 9.40. The minimum atomic E-state index is 0.670. The normalized spacial score (nSPS) is 14.2. The third-order valence-electron chi connectivity index (χ3n) is 4.11. The fourth-order valence-corrected chi connectivity index (χ4v) is 2.93. The van der Waals surface area contributed by atoms with Crippen molar-refractivity contribution in [3.8, 4) is 11.5 Å². The van der Waals surface area contributed by atoms with Gasteiger partial charge in [0.05, 0.1) is 17.0 Å². The van der Waals surface area contributed by atoms with Crippen molar-refractivity contribution < 1.29 is 4.74 Å². The molecule has 1 saturated carbocycles. The van der Waals surface area contributed by atoms with E-state index in [-0.39, 0.29) is 0 Å². The van der Waals surface area contributed by atoms with E-state index < -0.39 is 0 Å². The number of ether oxygens (including phenoxy) is 1. The van der Waals surface area contributed by atoms with Crippen molar-refractivity contribution in [3.63, 3.8) is 0 Å². The largest absolute Gasteiger partial charge is 0.457 e. The van der Waals surface area contributed by atoms with Crippen LogP contribution < -0.4 is 4.74 Å². The Hall–Kier alpha value is -1.27. The Morgan fingerprint density at radius 3 is 2.62 bits per heavy atom. The molecular formula is C19H20ClIN2O. The van der Waals surface area contributed by atoms with Crippen LogP contribution in [0.4, 0.5) is 5.69 Å². The highest BCUT2D eigenvalue weighted by molar-refractivity contribution is 14.1. The van der Waals surface area contributed by atoms with Crippen LogP contribution in [0.15, 0.2) is 35.3 Å². The predicted molar refractivity (Wildman–Crippen MR) is 109 cm³/mol. The highest BCUT2D eigenvalue weighted by Crippen LogP contribution is 2.33. The fraction of sp³-hybridized carbons (Fsp3) is 0.316. The van der Waals surface area contributed by atoms with Gasteiger partial charge in [0.15, 0.2) is 0 Å². The summed E-state index contributed by atoms with van der Waals surface area (Å²) in [5, 5.41) is 0.701. The molecule has 1 fully saturated rings. The second-order valence-corrected chi connectivity index (χ2v) is 7.79. The molecule has 5 heteroatoms. The first-order valence-electron chi connectivity index (χ1n) is 7.94. The van der Waals surface area contributed by atoms with Crippen LogP contribution in [0.1, 0.15) is 24.0 Å². The summed E-state index contributed by atoms with van der Waals surface area (Å²) >= 11 is 8.37. The first kappa shape index (κ1) is 17.5. The Kier molecular flexibility index (Phi) is 5.35.